The van der Waals surface area contributed by atoms with E-state index >= 15 is 0 Å². The summed E-state index contributed by atoms with van der Waals surface area (Å²) in [7, 11) is -0.760. The van der Waals surface area contributed by atoms with E-state index in [1.807, 2.05) is 7.05 Å². The van der Waals surface area contributed by atoms with Crippen molar-refractivity contribution in [2.75, 3.05) is 25.1 Å². The van der Waals surface area contributed by atoms with Crippen molar-refractivity contribution in [1.29, 1.82) is 0 Å². The van der Waals surface area contributed by atoms with Crippen LogP contribution in [0.5, 0.6) is 0 Å². The summed E-state index contributed by atoms with van der Waals surface area (Å²) in [5.41, 5.74) is 0. The molecule has 1 aromatic heterocycles. The summed E-state index contributed by atoms with van der Waals surface area (Å²) in [6, 6.07) is 4.71. The third kappa shape index (κ3) is 4.27. The Morgan fingerprint density at radius 3 is 2.95 bits per heavy atom. The highest BCUT2D eigenvalue weighted by Gasteiger charge is 2.32. The van der Waals surface area contributed by atoms with Gasteiger partial charge in [0, 0.05) is 30.1 Å². The largest absolute Gasteiger partial charge is 0.310 e. The predicted octanol–water partition coefficient (Wildman–Crippen LogP) is 1.35. The molecule has 2 atom stereocenters. The maximum absolute atomic E-state index is 11.5. The molecule has 0 spiro atoms. The Labute approximate surface area is 119 Å². The monoisotopic (exact) mass is 302 g/mol. The molecule has 0 amide bonds. The Balaban J connectivity index is 1.75. The first-order chi connectivity index (χ1) is 8.98. The normalized spacial score (nSPS) is 23.8. The van der Waals surface area contributed by atoms with Gasteiger partial charge in [0.25, 0.3) is 0 Å². The molecule has 2 rings (SSSR count). The Bertz CT molecular complexity index is 485. The van der Waals surface area contributed by atoms with Gasteiger partial charge in [-0.25, -0.2) is 8.42 Å². The zero-order valence-electron chi connectivity index (χ0n) is 11.5. The van der Waals surface area contributed by atoms with Crippen molar-refractivity contribution in [2.45, 2.75) is 32.0 Å². The standard InChI is InChI=1S/C13H22N2O2S2/c1-11(8-14-9-13-4-3-6-18-13)15(2)12-5-7-19(16,17)10-12/h3-4,6,11-12,14H,5,7-10H2,1-2H3. The number of hydrogen-bond donors (Lipinski definition) is 1. The SMILES string of the molecule is CC(CNCc1cccs1)N(C)C1CCS(=O)(=O)C1. The second kappa shape index (κ2) is 6.35. The fourth-order valence-electron chi connectivity index (χ4n) is 2.42. The van der Waals surface area contributed by atoms with Crippen molar-refractivity contribution >= 4 is 21.2 Å². The molecule has 19 heavy (non-hydrogen) atoms. The van der Waals surface area contributed by atoms with Gasteiger partial charge in [-0.3, -0.25) is 4.90 Å². The zero-order chi connectivity index (χ0) is 13.9. The van der Waals surface area contributed by atoms with Gasteiger partial charge in [0.2, 0.25) is 0 Å². The molecule has 0 aromatic carbocycles. The van der Waals surface area contributed by atoms with Crippen LogP contribution in [-0.4, -0.2) is 50.5 Å². The lowest BCUT2D eigenvalue weighted by atomic mass is 10.2. The topological polar surface area (TPSA) is 49.4 Å². The number of rotatable bonds is 6. The Kier molecular flexibility index (Phi) is 5.00. The number of hydrogen-bond acceptors (Lipinski definition) is 5. The highest BCUT2D eigenvalue weighted by atomic mass is 32.2. The molecule has 0 bridgehead atoms. The zero-order valence-corrected chi connectivity index (χ0v) is 13.1. The Hall–Kier alpha value is -0.430. The van der Waals surface area contributed by atoms with E-state index in [2.05, 4.69) is 34.7 Å². The molecule has 1 saturated heterocycles. The van der Waals surface area contributed by atoms with Gasteiger partial charge in [-0.15, -0.1) is 11.3 Å². The number of nitrogens with zero attached hydrogens (tertiary/aromatic N) is 1. The quantitative estimate of drug-likeness (QED) is 0.862. The van der Waals surface area contributed by atoms with Crippen LogP contribution >= 0.6 is 11.3 Å². The van der Waals surface area contributed by atoms with Crippen LogP contribution < -0.4 is 5.32 Å². The summed E-state index contributed by atoms with van der Waals surface area (Å²) in [5.74, 6) is 0.663. The lowest BCUT2D eigenvalue weighted by molar-refractivity contribution is 0.195. The molecule has 0 radical (unpaired) electrons. The molecule has 1 fully saturated rings. The third-order valence-corrected chi connectivity index (χ3v) is 6.43. The number of thiophene rings is 1. The van der Waals surface area contributed by atoms with Crippen molar-refractivity contribution in [3.8, 4) is 0 Å². The summed E-state index contributed by atoms with van der Waals surface area (Å²) in [6.07, 6.45) is 0.772. The maximum Gasteiger partial charge on any atom is 0.151 e. The minimum absolute atomic E-state index is 0.184. The molecule has 0 aliphatic carbocycles. The first-order valence-electron chi connectivity index (χ1n) is 6.63. The van der Waals surface area contributed by atoms with Crippen molar-refractivity contribution in [1.82, 2.24) is 10.2 Å². The molecule has 1 aliphatic heterocycles. The van der Waals surface area contributed by atoms with Gasteiger partial charge in [0.1, 0.15) is 0 Å². The van der Waals surface area contributed by atoms with Gasteiger partial charge in [-0.1, -0.05) is 6.07 Å². The fraction of sp³-hybridized carbons (Fsp3) is 0.692. The summed E-state index contributed by atoms with van der Waals surface area (Å²) in [4.78, 5) is 3.53. The van der Waals surface area contributed by atoms with E-state index in [4.69, 9.17) is 0 Å². The predicted molar refractivity (Wildman–Crippen MR) is 80.3 cm³/mol. The van der Waals surface area contributed by atoms with Crippen molar-refractivity contribution in [3.05, 3.63) is 22.4 Å². The lowest BCUT2D eigenvalue weighted by Gasteiger charge is -2.30. The minimum Gasteiger partial charge on any atom is -0.310 e. The van der Waals surface area contributed by atoms with Gasteiger partial charge >= 0.3 is 0 Å². The highest BCUT2D eigenvalue weighted by Crippen LogP contribution is 2.18. The molecule has 1 N–H and O–H groups in total. The Morgan fingerprint density at radius 1 is 1.58 bits per heavy atom. The van der Waals surface area contributed by atoms with Crippen LogP contribution in [0.2, 0.25) is 0 Å². The molecule has 6 heteroatoms. The molecular formula is C13H22N2O2S2. The van der Waals surface area contributed by atoms with Gasteiger partial charge in [0.05, 0.1) is 11.5 Å². The molecular weight excluding hydrogens is 280 g/mol. The van der Waals surface area contributed by atoms with E-state index in [1.165, 1.54) is 4.88 Å². The molecule has 1 aromatic rings. The maximum atomic E-state index is 11.5. The molecule has 2 heterocycles. The second-order valence-corrected chi connectivity index (χ2v) is 8.54. The van der Waals surface area contributed by atoms with Crippen molar-refractivity contribution in [3.63, 3.8) is 0 Å². The molecule has 0 saturated carbocycles. The summed E-state index contributed by atoms with van der Waals surface area (Å²) in [5, 5.41) is 5.51. The third-order valence-electron chi connectivity index (χ3n) is 3.80. The summed E-state index contributed by atoms with van der Waals surface area (Å²) in [6.45, 7) is 3.91. The molecule has 1 aliphatic rings. The molecule has 4 nitrogen and oxygen atoms in total. The van der Waals surface area contributed by atoms with Crippen LogP contribution in [0.25, 0.3) is 0 Å². The molecule has 2 unspecified atom stereocenters. The van der Waals surface area contributed by atoms with Gasteiger partial charge < -0.3 is 5.32 Å². The molecule has 108 valence electrons. The summed E-state index contributed by atoms with van der Waals surface area (Å²) < 4.78 is 23.0. The van der Waals surface area contributed by atoms with Crippen LogP contribution in [0.15, 0.2) is 17.5 Å². The van der Waals surface area contributed by atoms with Crippen LogP contribution in [0.3, 0.4) is 0 Å². The van der Waals surface area contributed by atoms with E-state index in [9.17, 15) is 8.42 Å². The first-order valence-corrected chi connectivity index (χ1v) is 9.33. The number of sulfone groups is 1. The van der Waals surface area contributed by atoms with E-state index in [1.54, 1.807) is 11.3 Å². The lowest BCUT2D eigenvalue weighted by Crippen LogP contribution is -2.44. The van der Waals surface area contributed by atoms with Crippen LogP contribution in [-0.2, 0) is 16.4 Å². The Morgan fingerprint density at radius 2 is 2.37 bits per heavy atom. The van der Waals surface area contributed by atoms with Crippen LogP contribution in [0.1, 0.15) is 18.2 Å². The summed E-state index contributed by atoms with van der Waals surface area (Å²) >= 11 is 1.75. The number of nitrogens with one attached hydrogen (secondary N) is 1. The van der Waals surface area contributed by atoms with E-state index < -0.39 is 9.84 Å². The first kappa shape index (κ1) is 15.0. The van der Waals surface area contributed by atoms with E-state index in [-0.39, 0.29) is 6.04 Å². The van der Waals surface area contributed by atoms with Crippen LogP contribution in [0.4, 0.5) is 0 Å². The average Bonchev–Trinajstić information content (AvgIpc) is 2.97. The van der Waals surface area contributed by atoms with Gasteiger partial charge in [-0.2, -0.15) is 0 Å². The van der Waals surface area contributed by atoms with Gasteiger partial charge in [-0.05, 0) is 31.8 Å². The van der Waals surface area contributed by atoms with Gasteiger partial charge in [0.15, 0.2) is 9.84 Å². The smallest absolute Gasteiger partial charge is 0.151 e. The second-order valence-electron chi connectivity index (χ2n) is 5.28. The van der Waals surface area contributed by atoms with E-state index in [0.717, 1.165) is 19.5 Å². The van der Waals surface area contributed by atoms with E-state index in [0.29, 0.717) is 17.5 Å². The van der Waals surface area contributed by atoms with Crippen molar-refractivity contribution < 1.29 is 8.42 Å². The van der Waals surface area contributed by atoms with Crippen molar-refractivity contribution in [2.24, 2.45) is 0 Å². The average molecular weight is 302 g/mol. The fourth-order valence-corrected chi connectivity index (χ4v) is 4.88. The minimum atomic E-state index is -2.79. The highest BCUT2D eigenvalue weighted by molar-refractivity contribution is 7.91. The number of likely N-dealkylation sites (N-methyl/N-ethyl adjacent to an activating group) is 1. The van der Waals surface area contributed by atoms with Crippen LogP contribution in [0, 0.1) is 0 Å².